The zero-order chi connectivity index (χ0) is 22.8. The molecule has 5 rings (SSSR count). The third kappa shape index (κ3) is 4.72. The first-order chi connectivity index (χ1) is 16.1. The number of aromatic nitrogens is 2. The average Bonchev–Trinajstić information content (AvgIpc) is 2.86. The summed E-state index contributed by atoms with van der Waals surface area (Å²) in [6.45, 7) is 2.53. The molecule has 2 heterocycles. The number of hydrogen-bond acceptors (Lipinski definition) is 4. The predicted molar refractivity (Wildman–Crippen MR) is 134 cm³/mol. The van der Waals surface area contributed by atoms with Crippen LogP contribution in [-0.4, -0.2) is 47.3 Å². The summed E-state index contributed by atoms with van der Waals surface area (Å²) >= 11 is 12.0. The highest BCUT2D eigenvalue weighted by Gasteiger charge is 2.22. The highest BCUT2D eigenvalue weighted by atomic mass is 35.5. The van der Waals surface area contributed by atoms with Crippen LogP contribution in [0.4, 0.5) is 16.3 Å². The second kappa shape index (κ2) is 9.25. The fourth-order valence-electron chi connectivity index (χ4n) is 3.91. The second-order valence-corrected chi connectivity index (χ2v) is 8.69. The average molecular weight is 478 g/mol. The van der Waals surface area contributed by atoms with Crippen LogP contribution in [0.25, 0.3) is 22.0 Å². The summed E-state index contributed by atoms with van der Waals surface area (Å²) in [5.41, 5.74) is 2.49. The zero-order valence-corrected chi connectivity index (χ0v) is 19.2. The fraction of sp³-hybridized carbons (Fsp3) is 0.160. The number of halogens is 2. The Morgan fingerprint density at radius 2 is 1.58 bits per heavy atom. The summed E-state index contributed by atoms with van der Waals surface area (Å²) in [6.07, 6.45) is 0. The van der Waals surface area contributed by atoms with Crippen LogP contribution in [0.1, 0.15) is 0 Å². The molecule has 1 N–H and O–H groups in total. The molecule has 3 aromatic carbocycles. The van der Waals surface area contributed by atoms with E-state index in [0.29, 0.717) is 41.9 Å². The van der Waals surface area contributed by atoms with E-state index in [1.54, 1.807) is 23.1 Å². The van der Waals surface area contributed by atoms with Crippen molar-refractivity contribution < 1.29 is 4.79 Å². The molecular formula is C25H21Cl2N5O. The first-order valence-electron chi connectivity index (χ1n) is 10.7. The van der Waals surface area contributed by atoms with Crippen LogP contribution in [0.15, 0.2) is 72.8 Å². The Kier molecular flexibility index (Phi) is 6.03. The predicted octanol–water partition coefficient (Wildman–Crippen LogP) is 5.96. The molecule has 1 aliphatic heterocycles. The number of hydrogen-bond donors (Lipinski definition) is 1. The highest BCUT2D eigenvalue weighted by Crippen LogP contribution is 2.26. The quantitative estimate of drug-likeness (QED) is 0.395. The van der Waals surface area contributed by atoms with E-state index in [1.807, 2.05) is 24.3 Å². The summed E-state index contributed by atoms with van der Waals surface area (Å²) in [7, 11) is 0. The molecule has 1 saturated heterocycles. The van der Waals surface area contributed by atoms with Crippen molar-refractivity contribution in [2.45, 2.75) is 0 Å². The minimum absolute atomic E-state index is 0.161. The van der Waals surface area contributed by atoms with Gasteiger partial charge < -0.3 is 15.1 Å². The monoisotopic (exact) mass is 477 g/mol. The van der Waals surface area contributed by atoms with Gasteiger partial charge in [-0.1, -0.05) is 59.6 Å². The van der Waals surface area contributed by atoms with Gasteiger partial charge in [-0.05, 0) is 47.2 Å². The molecule has 4 aromatic rings. The molecule has 33 heavy (non-hydrogen) atoms. The van der Waals surface area contributed by atoms with Crippen molar-refractivity contribution >= 4 is 51.5 Å². The second-order valence-electron chi connectivity index (χ2n) is 7.87. The molecule has 0 spiro atoms. The van der Waals surface area contributed by atoms with Gasteiger partial charge in [0.05, 0.1) is 15.7 Å². The molecular weight excluding hydrogens is 457 g/mol. The van der Waals surface area contributed by atoms with Crippen molar-refractivity contribution in [1.82, 2.24) is 15.1 Å². The lowest BCUT2D eigenvalue weighted by molar-refractivity contribution is 0.208. The van der Waals surface area contributed by atoms with Gasteiger partial charge in [-0.15, -0.1) is 10.2 Å². The Morgan fingerprint density at radius 1 is 0.788 bits per heavy atom. The topological polar surface area (TPSA) is 61.4 Å². The highest BCUT2D eigenvalue weighted by molar-refractivity contribution is 6.42. The fourth-order valence-corrected chi connectivity index (χ4v) is 4.21. The molecule has 0 unspecified atom stereocenters. The lowest BCUT2D eigenvalue weighted by Crippen LogP contribution is -2.50. The normalized spacial score (nSPS) is 13.9. The third-order valence-corrected chi connectivity index (χ3v) is 6.50. The number of nitrogens with one attached hydrogen (secondary N) is 1. The summed E-state index contributed by atoms with van der Waals surface area (Å²) in [5.74, 6) is 0.809. The van der Waals surface area contributed by atoms with E-state index in [-0.39, 0.29) is 6.03 Å². The number of urea groups is 1. The van der Waals surface area contributed by atoms with E-state index in [0.717, 1.165) is 17.1 Å². The van der Waals surface area contributed by atoms with Gasteiger partial charge in [0.15, 0.2) is 5.82 Å². The maximum Gasteiger partial charge on any atom is 0.321 e. The van der Waals surface area contributed by atoms with Crippen molar-refractivity contribution in [1.29, 1.82) is 0 Å². The molecule has 8 heteroatoms. The van der Waals surface area contributed by atoms with E-state index < -0.39 is 0 Å². The molecule has 0 bridgehead atoms. The van der Waals surface area contributed by atoms with Crippen molar-refractivity contribution in [3.05, 3.63) is 82.8 Å². The molecule has 0 radical (unpaired) electrons. The van der Waals surface area contributed by atoms with Gasteiger partial charge in [0.25, 0.3) is 0 Å². The molecule has 1 fully saturated rings. The molecule has 6 nitrogen and oxygen atoms in total. The SMILES string of the molecule is O=C(Nc1ccc(Cl)c(Cl)c1)N1CCN(c2ccc(-c3ccc4ccccc4c3)nn2)CC1. The lowest BCUT2D eigenvalue weighted by Gasteiger charge is -2.35. The van der Waals surface area contributed by atoms with Crippen LogP contribution in [0, 0.1) is 0 Å². The first kappa shape index (κ1) is 21.5. The largest absolute Gasteiger partial charge is 0.352 e. The van der Waals surface area contributed by atoms with Gasteiger partial charge in [0.1, 0.15) is 0 Å². The summed E-state index contributed by atoms with van der Waals surface area (Å²) in [4.78, 5) is 16.5. The molecule has 1 aliphatic rings. The molecule has 1 aromatic heterocycles. The maximum atomic E-state index is 12.6. The van der Waals surface area contributed by atoms with Gasteiger partial charge in [-0.25, -0.2) is 4.79 Å². The van der Waals surface area contributed by atoms with Gasteiger partial charge in [-0.2, -0.15) is 0 Å². The molecule has 0 atom stereocenters. The number of anilines is 2. The molecule has 0 saturated carbocycles. The van der Waals surface area contributed by atoms with Crippen LogP contribution in [0.3, 0.4) is 0 Å². The minimum Gasteiger partial charge on any atom is -0.352 e. The van der Waals surface area contributed by atoms with Crippen LogP contribution in [0.2, 0.25) is 10.0 Å². The van der Waals surface area contributed by atoms with E-state index in [2.05, 4.69) is 50.7 Å². The first-order valence-corrected chi connectivity index (χ1v) is 11.4. The van der Waals surface area contributed by atoms with Crippen molar-refractivity contribution in [3.63, 3.8) is 0 Å². The Hall–Kier alpha value is -3.35. The number of carbonyl (C=O) groups is 1. The van der Waals surface area contributed by atoms with Crippen LogP contribution >= 0.6 is 23.2 Å². The van der Waals surface area contributed by atoms with Gasteiger partial charge in [-0.3, -0.25) is 0 Å². The van der Waals surface area contributed by atoms with Crippen LogP contribution < -0.4 is 10.2 Å². The molecule has 2 amide bonds. The number of benzene rings is 3. The van der Waals surface area contributed by atoms with Crippen LogP contribution in [-0.2, 0) is 0 Å². The van der Waals surface area contributed by atoms with Gasteiger partial charge in [0, 0.05) is 37.4 Å². The molecule has 166 valence electrons. The Morgan fingerprint density at radius 3 is 2.30 bits per heavy atom. The Labute approximate surface area is 201 Å². The summed E-state index contributed by atoms with van der Waals surface area (Å²) < 4.78 is 0. The summed E-state index contributed by atoms with van der Waals surface area (Å²) in [5, 5.41) is 15.0. The van der Waals surface area contributed by atoms with E-state index >= 15 is 0 Å². The summed E-state index contributed by atoms with van der Waals surface area (Å²) in [6, 6.07) is 23.4. The lowest BCUT2D eigenvalue weighted by atomic mass is 10.1. The number of rotatable bonds is 3. The minimum atomic E-state index is -0.161. The smallest absolute Gasteiger partial charge is 0.321 e. The number of fused-ring (bicyclic) bond motifs is 1. The zero-order valence-electron chi connectivity index (χ0n) is 17.7. The standard InChI is InChI=1S/C25H21Cl2N5O/c26-21-8-7-20(16-22(21)27)28-25(33)32-13-11-31(12-14-32)24-10-9-23(29-30-24)19-6-5-17-3-1-2-4-18(17)15-19/h1-10,15-16H,11-14H2,(H,28,33). The number of carbonyl (C=O) groups excluding carboxylic acids is 1. The van der Waals surface area contributed by atoms with Crippen molar-refractivity contribution in [3.8, 4) is 11.3 Å². The van der Waals surface area contributed by atoms with Crippen molar-refractivity contribution in [2.24, 2.45) is 0 Å². The van der Waals surface area contributed by atoms with E-state index in [1.165, 1.54) is 10.8 Å². The number of nitrogens with zero attached hydrogens (tertiary/aromatic N) is 4. The number of piperazine rings is 1. The Balaban J connectivity index is 1.21. The van der Waals surface area contributed by atoms with Gasteiger partial charge in [0.2, 0.25) is 0 Å². The van der Waals surface area contributed by atoms with E-state index in [4.69, 9.17) is 23.2 Å². The van der Waals surface area contributed by atoms with Gasteiger partial charge >= 0.3 is 6.03 Å². The maximum absolute atomic E-state index is 12.6. The van der Waals surface area contributed by atoms with E-state index in [9.17, 15) is 4.79 Å². The third-order valence-electron chi connectivity index (χ3n) is 5.76. The van der Waals surface area contributed by atoms with Crippen LogP contribution in [0.5, 0.6) is 0 Å². The number of amides is 2. The van der Waals surface area contributed by atoms with Crippen molar-refractivity contribution in [2.75, 3.05) is 36.4 Å². The molecule has 0 aliphatic carbocycles. The Bertz CT molecular complexity index is 1300.